The van der Waals surface area contributed by atoms with E-state index >= 15 is 0 Å². The fraction of sp³-hybridized carbons (Fsp3) is 0.278. The number of carbonyl (C=O) groups is 1. The molecular weight excluding hydrogens is 386 g/mol. The summed E-state index contributed by atoms with van der Waals surface area (Å²) in [6, 6.07) is 10.2. The first-order valence-electron chi connectivity index (χ1n) is 8.56. The zero-order valence-electron chi connectivity index (χ0n) is 15.1. The minimum Gasteiger partial charge on any atom is -0.496 e. The quantitative estimate of drug-likeness (QED) is 0.603. The van der Waals surface area contributed by atoms with Crippen molar-refractivity contribution in [2.45, 2.75) is 12.8 Å². The summed E-state index contributed by atoms with van der Waals surface area (Å²) in [6.45, 7) is 0.409. The highest BCUT2D eigenvalue weighted by atomic mass is 32.2. The standard InChI is InChI=1S/C18H19N3O6S/c1-27-15-8-9-16(17(12-15)21(23)24)19-18(22)13-4-6-14(7-5-13)20-10-2-3-11-28(20,25)26/h4-9,12H,2-3,10-11H2,1H3,(H,19,22). The summed E-state index contributed by atoms with van der Waals surface area (Å²) < 4.78 is 30.6. The molecule has 1 amide bonds. The lowest BCUT2D eigenvalue weighted by Gasteiger charge is -2.28. The average Bonchev–Trinajstić information content (AvgIpc) is 2.68. The van der Waals surface area contributed by atoms with Crippen molar-refractivity contribution in [1.29, 1.82) is 0 Å². The van der Waals surface area contributed by atoms with Crippen LogP contribution in [0.2, 0.25) is 0 Å². The van der Waals surface area contributed by atoms with Gasteiger partial charge in [-0.1, -0.05) is 0 Å². The maximum atomic E-state index is 12.5. The number of anilines is 2. The molecule has 3 rings (SSSR count). The molecule has 9 nitrogen and oxygen atoms in total. The van der Waals surface area contributed by atoms with E-state index in [1.165, 1.54) is 41.7 Å². The second-order valence-electron chi connectivity index (χ2n) is 6.24. The lowest BCUT2D eigenvalue weighted by molar-refractivity contribution is -0.384. The fourth-order valence-electron chi connectivity index (χ4n) is 2.95. The Bertz CT molecular complexity index is 1000. The molecule has 2 aromatic rings. The van der Waals surface area contributed by atoms with Gasteiger partial charge in [0.05, 0.1) is 29.5 Å². The molecule has 0 unspecified atom stereocenters. The molecule has 0 saturated carbocycles. The van der Waals surface area contributed by atoms with Gasteiger partial charge in [0.15, 0.2) is 0 Å². The third kappa shape index (κ3) is 4.06. The van der Waals surface area contributed by atoms with E-state index < -0.39 is 20.9 Å². The van der Waals surface area contributed by atoms with E-state index in [1.54, 1.807) is 12.1 Å². The average molecular weight is 405 g/mol. The number of rotatable bonds is 5. The van der Waals surface area contributed by atoms with Crippen LogP contribution in [0.15, 0.2) is 42.5 Å². The number of amides is 1. The van der Waals surface area contributed by atoms with Gasteiger partial charge in [0.1, 0.15) is 11.4 Å². The number of nitro groups is 1. The molecule has 10 heteroatoms. The van der Waals surface area contributed by atoms with Crippen LogP contribution in [0, 0.1) is 10.1 Å². The highest BCUT2D eigenvalue weighted by Gasteiger charge is 2.26. The largest absolute Gasteiger partial charge is 0.496 e. The topological polar surface area (TPSA) is 119 Å². The zero-order valence-corrected chi connectivity index (χ0v) is 15.9. The predicted octanol–water partition coefficient (Wildman–Crippen LogP) is 2.79. The molecule has 1 saturated heterocycles. The van der Waals surface area contributed by atoms with Crippen LogP contribution in [0.1, 0.15) is 23.2 Å². The summed E-state index contributed by atoms with van der Waals surface area (Å²) in [6.07, 6.45) is 1.42. The van der Waals surface area contributed by atoms with Gasteiger partial charge in [-0.3, -0.25) is 19.2 Å². The van der Waals surface area contributed by atoms with Crippen LogP contribution in [0.4, 0.5) is 17.1 Å². The maximum Gasteiger partial charge on any atom is 0.296 e. The van der Waals surface area contributed by atoms with Gasteiger partial charge in [0.2, 0.25) is 10.0 Å². The highest BCUT2D eigenvalue weighted by Crippen LogP contribution is 2.30. The molecule has 1 aliphatic rings. The lowest BCUT2D eigenvalue weighted by atomic mass is 10.1. The third-order valence-corrected chi connectivity index (χ3v) is 6.29. The van der Waals surface area contributed by atoms with Crippen molar-refractivity contribution >= 4 is 33.0 Å². The van der Waals surface area contributed by atoms with Gasteiger partial charge in [-0.2, -0.15) is 0 Å². The first-order chi connectivity index (χ1) is 13.3. The summed E-state index contributed by atoms with van der Waals surface area (Å²) >= 11 is 0. The highest BCUT2D eigenvalue weighted by molar-refractivity contribution is 7.92. The lowest BCUT2D eigenvalue weighted by Crippen LogP contribution is -2.37. The van der Waals surface area contributed by atoms with Crippen LogP contribution in [-0.4, -0.2) is 38.7 Å². The molecule has 1 N–H and O–H groups in total. The molecule has 2 aromatic carbocycles. The van der Waals surface area contributed by atoms with E-state index in [0.717, 1.165) is 6.42 Å². The summed E-state index contributed by atoms with van der Waals surface area (Å²) in [7, 11) is -1.94. The van der Waals surface area contributed by atoms with Crippen molar-refractivity contribution in [1.82, 2.24) is 0 Å². The van der Waals surface area contributed by atoms with Crippen LogP contribution in [-0.2, 0) is 10.0 Å². The van der Waals surface area contributed by atoms with E-state index in [9.17, 15) is 23.3 Å². The smallest absolute Gasteiger partial charge is 0.296 e. The number of benzene rings is 2. The molecule has 28 heavy (non-hydrogen) atoms. The van der Waals surface area contributed by atoms with Crippen LogP contribution >= 0.6 is 0 Å². The number of hydrogen-bond acceptors (Lipinski definition) is 6. The third-order valence-electron chi connectivity index (χ3n) is 4.42. The van der Waals surface area contributed by atoms with Gasteiger partial charge in [-0.15, -0.1) is 0 Å². The second-order valence-corrected chi connectivity index (χ2v) is 8.25. The molecule has 0 spiro atoms. The SMILES string of the molecule is COc1ccc(NC(=O)c2ccc(N3CCCCS3(=O)=O)cc2)c([N+](=O)[O-])c1. The minimum absolute atomic E-state index is 0.0403. The van der Waals surface area contributed by atoms with Crippen LogP contribution in [0.5, 0.6) is 5.75 Å². The Balaban J connectivity index is 1.80. The Hall–Kier alpha value is -3.14. The van der Waals surface area contributed by atoms with E-state index in [0.29, 0.717) is 24.4 Å². The fourth-order valence-corrected chi connectivity index (χ4v) is 4.59. The summed E-state index contributed by atoms with van der Waals surface area (Å²) in [5.41, 5.74) is 0.497. The number of nitrogens with zero attached hydrogens (tertiary/aromatic N) is 2. The van der Waals surface area contributed by atoms with Gasteiger partial charge in [0.25, 0.3) is 11.6 Å². The molecule has 0 atom stereocenters. The van der Waals surface area contributed by atoms with Gasteiger partial charge >= 0.3 is 0 Å². The van der Waals surface area contributed by atoms with Gasteiger partial charge < -0.3 is 10.1 Å². The van der Waals surface area contributed by atoms with E-state index in [2.05, 4.69) is 5.32 Å². The van der Waals surface area contributed by atoms with Crippen molar-refractivity contribution in [3.05, 3.63) is 58.1 Å². The molecule has 1 heterocycles. The number of hydrogen-bond donors (Lipinski definition) is 1. The minimum atomic E-state index is -3.33. The number of ether oxygens (including phenoxy) is 1. The van der Waals surface area contributed by atoms with E-state index in [1.807, 2.05) is 0 Å². The summed E-state index contributed by atoms with van der Waals surface area (Å²) in [4.78, 5) is 23.1. The maximum absolute atomic E-state index is 12.5. The van der Waals surface area contributed by atoms with Crippen LogP contribution in [0.25, 0.3) is 0 Å². The van der Waals surface area contributed by atoms with Crippen LogP contribution in [0.3, 0.4) is 0 Å². The van der Waals surface area contributed by atoms with Crippen LogP contribution < -0.4 is 14.4 Å². The molecular formula is C18H19N3O6S. The second kappa shape index (κ2) is 7.85. The Kier molecular flexibility index (Phi) is 5.50. The summed E-state index contributed by atoms with van der Waals surface area (Å²) in [5, 5.41) is 13.7. The molecule has 1 aliphatic heterocycles. The Morgan fingerprint density at radius 3 is 2.50 bits per heavy atom. The molecule has 1 fully saturated rings. The molecule has 0 aromatic heterocycles. The first-order valence-corrected chi connectivity index (χ1v) is 10.2. The molecule has 0 aliphatic carbocycles. The van der Waals surface area contributed by atoms with E-state index in [-0.39, 0.29) is 22.7 Å². The number of sulfonamides is 1. The van der Waals surface area contributed by atoms with Crippen molar-refractivity contribution in [3.8, 4) is 5.75 Å². The number of nitro benzene ring substituents is 1. The monoisotopic (exact) mass is 405 g/mol. The van der Waals surface area contributed by atoms with E-state index in [4.69, 9.17) is 4.74 Å². The molecule has 0 radical (unpaired) electrons. The number of carbonyl (C=O) groups excluding carboxylic acids is 1. The van der Waals surface area contributed by atoms with Crippen molar-refractivity contribution < 1.29 is 22.9 Å². The summed E-state index contributed by atoms with van der Waals surface area (Å²) in [5.74, 6) is -0.130. The van der Waals surface area contributed by atoms with Gasteiger partial charge in [0, 0.05) is 12.1 Å². The van der Waals surface area contributed by atoms with Gasteiger partial charge in [-0.05, 0) is 49.2 Å². The molecule has 148 valence electrons. The Morgan fingerprint density at radius 1 is 1.18 bits per heavy atom. The zero-order chi connectivity index (χ0) is 20.3. The Labute approximate surface area is 162 Å². The molecule has 0 bridgehead atoms. The van der Waals surface area contributed by atoms with Crippen molar-refractivity contribution in [3.63, 3.8) is 0 Å². The van der Waals surface area contributed by atoms with Crippen molar-refractivity contribution in [2.75, 3.05) is 29.0 Å². The van der Waals surface area contributed by atoms with Gasteiger partial charge in [-0.25, -0.2) is 8.42 Å². The first kappa shape index (κ1) is 19.6. The number of nitrogens with one attached hydrogen (secondary N) is 1. The van der Waals surface area contributed by atoms with Crippen molar-refractivity contribution in [2.24, 2.45) is 0 Å². The normalized spacial score (nSPS) is 15.7. The predicted molar refractivity (Wildman–Crippen MR) is 104 cm³/mol. The number of methoxy groups -OCH3 is 1. The Morgan fingerprint density at radius 2 is 1.89 bits per heavy atom.